The van der Waals surface area contributed by atoms with E-state index in [1.54, 1.807) is 0 Å². The zero-order valence-electron chi connectivity index (χ0n) is 20.2. The summed E-state index contributed by atoms with van der Waals surface area (Å²) in [5.74, 6) is 0.714. The third-order valence-electron chi connectivity index (χ3n) is 6.46. The maximum Gasteiger partial charge on any atom is 0.161 e. The Morgan fingerprint density at radius 1 is 0.943 bits per heavy atom. The fourth-order valence-corrected chi connectivity index (χ4v) is 4.65. The van der Waals surface area contributed by atoms with Crippen molar-refractivity contribution in [1.82, 2.24) is 35.0 Å². The van der Waals surface area contributed by atoms with Gasteiger partial charge in [0.25, 0.3) is 0 Å². The van der Waals surface area contributed by atoms with Gasteiger partial charge in [-0.3, -0.25) is 10.1 Å². The summed E-state index contributed by atoms with van der Waals surface area (Å²) in [7, 11) is 2.17. The van der Waals surface area contributed by atoms with Crippen LogP contribution in [0.2, 0.25) is 0 Å². The van der Waals surface area contributed by atoms with E-state index in [9.17, 15) is 0 Å². The smallest absolute Gasteiger partial charge is 0.161 e. The molecule has 178 valence electrons. The lowest BCUT2D eigenvalue weighted by Gasteiger charge is -2.34. The number of fused-ring (bicyclic) bond motifs is 2. The van der Waals surface area contributed by atoms with Crippen molar-refractivity contribution in [2.75, 3.05) is 43.4 Å². The highest BCUT2D eigenvalue weighted by Gasteiger charge is 2.20. The summed E-state index contributed by atoms with van der Waals surface area (Å²) in [6.45, 7) is 8.30. The van der Waals surface area contributed by atoms with Crippen LogP contribution >= 0.6 is 0 Å². The topological polar surface area (TPSA) is 102 Å². The van der Waals surface area contributed by atoms with E-state index < -0.39 is 0 Å². The van der Waals surface area contributed by atoms with Gasteiger partial charge in [-0.15, -0.1) is 0 Å². The molecular weight excluding hydrogens is 438 g/mol. The molecule has 1 aliphatic heterocycles. The van der Waals surface area contributed by atoms with Crippen LogP contribution in [0.5, 0.6) is 0 Å². The number of imidazole rings is 1. The van der Waals surface area contributed by atoms with Crippen molar-refractivity contribution < 1.29 is 0 Å². The zero-order chi connectivity index (χ0) is 23.9. The second kappa shape index (κ2) is 8.66. The standard InChI is InChI=1S/C26H29N9/c1-16(2)28-18-13-17(14-27-15-18)19-7-8-21-24(29-19)25(33-32-21)26-30-20-5-4-6-22(23(20)31-26)35-11-9-34(3)10-12-35/h4-8,13-16,28H,9-12H2,1-3H3,(H,30,31)(H,32,33). The SMILES string of the molecule is CC(C)Nc1cncc(-c2ccc3[nH]nc(-c4nc5c(N6CCN(C)CC6)cccc5[nH]4)c3n2)c1. The van der Waals surface area contributed by atoms with Gasteiger partial charge in [0.2, 0.25) is 0 Å². The minimum Gasteiger partial charge on any atom is -0.382 e. The number of pyridine rings is 2. The molecular formula is C26H29N9. The summed E-state index contributed by atoms with van der Waals surface area (Å²) in [6.07, 6.45) is 3.67. The largest absolute Gasteiger partial charge is 0.382 e. The molecule has 0 bridgehead atoms. The number of nitrogens with zero attached hydrogens (tertiary/aromatic N) is 6. The average Bonchev–Trinajstić information content (AvgIpc) is 3.48. The fraction of sp³-hybridized carbons (Fsp3) is 0.308. The van der Waals surface area contributed by atoms with E-state index in [0.717, 1.165) is 70.9 Å². The Morgan fingerprint density at radius 3 is 2.63 bits per heavy atom. The van der Waals surface area contributed by atoms with Crippen LogP contribution in [0.4, 0.5) is 11.4 Å². The van der Waals surface area contributed by atoms with Crippen molar-refractivity contribution in [1.29, 1.82) is 0 Å². The third kappa shape index (κ3) is 4.08. The van der Waals surface area contributed by atoms with Crippen LogP contribution < -0.4 is 10.2 Å². The first-order valence-electron chi connectivity index (χ1n) is 12.0. The first kappa shape index (κ1) is 21.5. The molecule has 0 unspecified atom stereocenters. The van der Waals surface area contributed by atoms with Gasteiger partial charge in [0.15, 0.2) is 11.5 Å². The summed E-state index contributed by atoms with van der Waals surface area (Å²) >= 11 is 0. The number of rotatable bonds is 5. The van der Waals surface area contributed by atoms with Gasteiger partial charge < -0.3 is 20.1 Å². The number of benzene rings is 1. The van der Waals surface area contributed by atoms with Crippen molar-refractivity contribution in [3.8, 4) is 22.8 Å². The van der Waals surface area contributed by atoms with Gasteiger partial charge in [0.05, 0.1) is 28.1 Å². The molecule has 1 saturated heterocycles. The summed E-state index contributed by atoms with van der Waals surface area (Å²) in [5, 5.41) is 11.1. The molecule has 3 N–H and O–H groups in total. The van der Waals surface area contributed by atoms with Crippen molar-refractivity contribution in [3.05, 3.63) is 48.8 Å². The van der Waals surface area contributed by atoms with Crippen molar-refractivity contribution in [2.24, 2.45) is 0 Å². The molecule has 35 heavy (non-hydrogen) atoms. The lowest BCUT2D eigenvalue weighted by Crippen LogP contribution is -2.44. The molecule has 1 aliphatic rings. The van der Waals surface area contributed by atoms with Crippen LogP contribution in [-0.4, -0.2) is 74.3 Å². The molecule has 0 spiro atoms. The van der Waals surface area contributed by atoms with Crippen LogP contribution in [0.1, 0.15) is 13.8 Å². The van der Waals surface area contributed by atoms with Crippen LogP contribution in [0, 0.1) is 0 Å². The van der Waals surface area contributed by atoms with Crippen molar-refractivity contribution in [3.63, 3.8) is 0 Å². The average molecular weight is 468 g/mol. The number of piperazine rings is 1. The number of nitrogens with one attached hydrogen (secondary N) is 3. The van der Waals surface area contributed by atoms with E-state index in [2.05, 4.69) is 80.4 Å². The second-order valence-electron chi connectivity index (χ2n) is 9.48. The van der Waals surface area contributed by atoms with E-state index in [-0.39, 0.29) is 0 Å². The highest BCUT2D eigenvalue weighted by atomic mass is 15.3. The third-order valence-corrected chi connectivity index (χ3v) is 6.46. The van der Waals surface area contributed by atoms with Crippen LogP contribution in [0.3, 0.4) is 0 Å². The molecule has 5 heterocycles. The summed E-state index contributed by atoms with van der Waals surface area (Å²) < 4.78 is 0. The monoisotopic (exact) mass is 467 g/mol. The highest BCUT2D eigenvalue weighted by Crippen LogP contribution is 2.31. The van der Waals surface area contributed by atoms with E-state index in [1.807, 2.05) is 24.5 Å². The molecule has 1 fully saturated rings. The molecule has 0 amide bonds. The quantitative estimate of drug-likeness (QED) is 0.357. The molecule has 0 radical (unpaired) electrons. The molecule has 5 aromatic rings. The Hall–Kier alpha value is -3.98. The first-order valence-corrected chi connectivity index (χ1v) is 12.0. The Bertz CT molecular complexity index is 1490. The summed E-state index contributed by atoms with van der Waals surface area (Å²) in [6, 6.07) is 12.7. The van der Waals surface area contributed by atoms with Crippen LogP contribution in [0.15, 0.2) is 48.8 Å². The second-order valence-corrected chi connectivity index (χ2v) is 9.48. The van der Waals surface area contributed by atoms with Crippen LogP contribution in [-0.2, 0) is 0 Å². The van der Waals surface area contributed by atoms with Crippen LogP contribution in [0.25, 0.3) is 44.8 Å². The molecule has 9 nitrogen and oxygen atoms in total. The normalized spacial score (nSPS) is 14.9. The number of para-hydroxylation sites is 1. The van der Waals surface area contributed by atoms with Crippen molar-refractivity contribution >= 4 is 33.4 Å². The maximum atomic E-state index is 4.99. The zero-order valence-corrected chi connectivity index (χ0v) is 20.2. The number of hydrogen-bond acceptors (Lipinski definition) is 7. The minimum atomic E-state index is 0.326. The van der Waals surface area contributed by atoms with Gasteiger partial charge in [-0.25, -0.2) is 9.97 Å². The Morgan fingerprint density at radius 2 is 1.80 bits per heavy atom. The molecule has 9 heteroatoms. The van der Waals surface area contributed by atoms with Crippen molar-refractivity contribution in [2.45, 2.75) is 19.9 Å². The Labute approximate surface area is 203 Å². The predicted octanol–water partition coefficient (Wildman–Crippen LogP) is 4.14. The van der Waals surface area contributed by atoms with Gasteiger partial charge in [-0.2, -0.15) is 5.10 Å². The minimum absolute atomic E-state index is 0.326. The number of hydrogen-bond donors (Lipinski definition) is 3. The van der Waals surface area contributed by atoms with E-state index in [0.29, 0.717) is 17.6 Å². The summed E-state index contributed by atoms with van der Waals surface area (Å²) in [5.41, 5.74) is 8.26. The molecule has 6 rings (SSSR count). The number of likely N-dealkylation sites (N-methyl/N-ethyl adjacent to an activating group) is 1. The van der Waals surface area contributed by atoms with Gasteiger partial charge in [-0.1, -0.05) is 6.07 Å². The number of aromatic nitrogens is 6. The number of H-pyrrole nitrogens is 2. The molecule has 0 saturated carbocycles. The van der Waals surface area contributed by atoms with Gasteiger partial charge >= 0.3 is 0 Å². The lowest BCUT2D eigenvalue weighted by atomic mass is 10.1. The maximum absolute atomic E-state index is 4.99. The number of aromatic amines is 2. The van der Waals surface area contributed by atoms with Gasteiger partial charge in [-0.05, 0) is 51.2 Å². The molecule has 4 aromatic heterocycles. The van der Waals surface area contributed by atoms with E-state index in [1.165, 1.54) is 0 Å². The number of anilines is 2. The Balaban J connectivity index is 1.39. The molecule has 0 aliphatic carbocycles. The molecule has 0 atom stereocenters. The molecule has 1 aromatic carbocycles. The highest BCUT2D eigenvalue weighted by molar-refractivity contribution is 5.95. The fourth-order valence-electron chi connectivity index (χ4n) is 4.65. The van der Waals surface area contributed by atoms with E-state index >= 15 is 0 Å². The first-order chi connectivity index (χ1) is 17.0. The predicted molar refractivity (Wildman–Crippen MR) is 141 cm³/mol. The van der Waals surface area contributed by atoms with Gasteiger partial charge in [0.1, 0.15) is 11.0 Å². The Kier molecular flexibility index (Phi) is 5.33. The van der Waals surface area contributed by atoms with Gasteiger partial charge in [0, 0.05) is 50.2 Å². The van der Waals surface area contributed by atoms with E-state index in [4.69, 9.17) is 9.97 Å². The summed E-state index contributed by atoms with van der Waals surface area (Å²) in [4.78, 5) is 22.6. The lowest BCUT2D eigenvalue weighted by molar-refractivity contribution is 0.313.